The molecule has 0 saturated carbocycles. The molecule has 3 aromatic carbocycles. The summed E-state index contributed by atoms with van der Waals surface area (Å²) in [5.74, 6) is -0.392. The SMILES string of the molecule is C=CCN(C)C[C@H]1O[C@@H](c2ccc(-c3ccccc3CNC(=O)NCC(=O)OCC)cc2)O[C@@H](c2ccc(CO)cc2)[C@H]1C. The summed E-state index contributed by atoms with van der Waals surface area (Å²) in [6, 6.07) is 23.4. The number of rotatable bonds is 13. The number of urea groups is 1. The Bertz CT molecular complexity index is 1380. The molecule has 9 heteroatoms. The van der Waals surface area contributed by atoms with Crippen molar-refractivity contribution in [3.8, 4) is 11.1 Å². The topological polar surface area (TPSA) is 109 Å². The van der Waals surface area contributed by atoms with E-state index in [9.17, 15) is 14.7 Å². The van der Waals surface area contributed by atoms with Gasteiger partial charge >= 0.3 is 12.0 Å². The number of hydrogen-bond donors (Lipinski definition) is 3. The van der Waals surface area contributed by atoms with Crippen LogP contribution in [0.2, 0.25) is 0 Å². The van der Waals surface area contributed by atoms with Crippen LogP contribution in [0.5, 0.6) is 0 Å². The van der Waals surface area contributed by atoms with Crippen molar-refractivity contribution < 1.29 is 28.9 Å². The number of esters is 1. The number of aliphatic hydroxyl groups excluding tert-OH is 1. The first-order chi connectivity index (χ1) is 21.3. The molecule has 1 saturated heterocycles. The minimum absolute atomic E-state index is 0.00368. The molecule has 1 heterocycles. The van der Waals surface area contributed by atoms with Crippen molar-refractivity contribution in [2.24, 2.45) is 5.92 Å². The third-order valence-corrected chi connectivity index (χ3v) is 7.71. The van der Waals surface area contributed by atoms with Gasteiger partial charge in [0, 0.05) is 31.1 Å². The van der Waals surface area contributed by atoms with Crippen LogP contribution in [0.25, 0.3) is 11.1 Å². The van der Waals surface area contributed by atoms with Gasteiger partial charge in [-0.05, 0) is 41.8 Å². The maximum Gasteiger partial charge on any atom is 0.325 e. The van der Waals surface area contributed by atoms with E-state index in [1.807, 2.05) is 78.9 Å². The summed E-state index contributed by atoms with van der Waals surface area (Å²) >= 11 is 0. The van der Waals surface area contributed by atoms with Crippen molar-refractivity contribution in [2.45, 2.75) is 45.5 Å². The minimum Gasteiger partial charge on any atom is -0.465 e. The average molecular weight is 602 g/mol. The summed E-state index contributed by atoms with van der Waals surface area (Å²) in [6.45, 7) is 9.57. The third kappa shape index (κ3) is 8.76. The standard InChI is InChI=1S/C35H43N3O6/c1-5-19-38(4)22-31-24(3)33(27-13-11-25(23-39)12-14-27)44-34(43-31)28-17-15-26(16-18-28)30-10-8-7-9-29(30)20-36-35(41)37-21-32(40)42-6-2/h5,7-18,24,31,33-34,39H,1,6,19-23H2,2-4H3,(H2,36,37,41)/t24-,31+,33+,34+/m0/s1. The Balaban J connectivity index is 1.50. The number of benzene rings is 3. The first-order valence-electron chi connectivity index (χ1n) is 15.0. The van der Waals surface area contributed by atoms with Crippen LogP contribution >= 0.6 is 0 Å². The monoisotopic (exact) mass is 601 g/mol. The second-order valence-corrected chi connectivity index (χ2v) is 11.0. The Kier molecular flexibility index (Phi) is 12.1. The maximum absolute atomic E-state index is 12.2. The number of nitrogens with one attached hydrogen (secondary N) is 2. The Labute approximate surface area is 259 Å². The predicted molar refractivity (Wildman–Crippen MR) is 169 cm³/mol. The van der Waals surface area contributed by atoms with Crippen LogP contribution in [-0.4, -0.2) is 61.4 Å². The van der Waals surface area contributed by atoms with Crippen LogP contribution in [-0.2, 0) is 32.2 Å². The zero-order chi connectivity index (χ0) is 31.5. The molecule has 234 valence electrons. The Morgan fingerprint density at radius 1 is 1.00 bits per heavy atom. The lowest BCUT2D eigenvalue weighted by atomic mass is 9.90. The van der Waals surface area contributed by atoms with E-state index < -0.39 is 18.3 Å². The van der Waals surface area contributed by atoms with Gasteiger partial charge in [-0.1, -0.05) is 85.8 Å². The molecule has 4 atom stereocenters. The summed E-state index contributed by atoms with van der Waals surface area (Å²) in [7, 11) is 2.05. The van der Waals surface area contributed by atoms with Gasteiger partial charge in [0.15, 0.2) is 6.29 Å². The molecule has 3 aromatic rings. The molecule has 1 aliphatic heterocycles. The van der Waals surface area contributed by atoms with Crippen molar-refractivity contribution in [1.29, 1.82) is 0 Å². The van der Waals surface area contributed by atoms with E-state index in [2.05, 4.69) is 36.1 Å². The van der Waals surface area contributed by atoms with E-state index in [4.69, 9.17) is 14.2 Å². The molecule has 4 rings (SSSR count). The molecule has 3 N–H and O–H groups in total. The van der Waals surface area contributed by atoms with Gasteiger partial charge in [0.1, 0.15) is 6.54 Å². The van der Waals surface area contributed by atoms with Crippen LogP contribution in [0, 0.1) is 5.92 Å². The van der Waals surface area contributed by atoms with E-state index >= 15 is 0 Å². The van der Waals surface area contributed by atoms with Crippen molar-refractivity contribution in [3.05, 3.63) is 108 Å². The van der Waals surface area contributed by atoms with E-state index in [0.29, 0.717) is 0 Å². The van der Waals surface area contributed by atoms with Gasteiger partial charge in [-0.15, -0.1) is 6.58 Å². The highest BCUT2D eigenvalue weighted by molar-refractivity contribution is 5.81. The summed E-state index contributed by atoms with van der Waals surface area (Å²) in [5, 5.41) is 14.8. The van der Waals surface area contributed by atoms with Crippen LogP contribution in [0.4, 0.5) is 4.79 Å². The lowest BCUT2D eigenvalue weighted by Gasteiger charge is -2.42. The molecule has 9 nitrogen and oxygen atoms in total. The summed E-state index contributed by atoms with van der Waals surface area (Å²) < 4.78 is 18.0. The van der Waals surface area contributed by atoms with Gasteiger partial charge in [0.2, 0.25) is 0 Å². The highest BCUT2D eigenvalue weighted by atomic mass is 16.7. The van der Waals surface area contributed by atoms with E-state index in [0.717, 1.165) is 46.5 Å². The summed E-state index contributed by atoms with van der Waals surface area (Å²) in [6.07, 6.45) is 1.05. The number of aliphatic hydroxyl groups is 1. The minimum atomic E-state index is -0.565. The molecular weight excluding hydrogens is 558 g/mol. The second kappa shape index (κ2) is 16.2. The molecule has 0 aliphatic carbocycles. The van der Waals surface area contributed by atoms with Gasteiger partial charge < -0.3 is 34.9 Å². The van der Waals surface area contributed by atoms with E-state index in [1.165, 1.54) is 0 Å². The number of amides is 2. The molecule has 0 bridgehead atoms. The van der Waals surface area contributed by atoms with E-state index in [-0.39, 0.29) is 44.4 Å². The van der Waals surface area contributed by atoms with Gasteiger partial charge in [-0.25, -0.2) is 4.79 Å². The van der Waals surface area contributed by atoms with Crippen LogP contribution in [0.3, 0.4) is 0 Å². The lowest BCUT2D eigenvalue weighted by molar-refractivity contribution is -0.275. The summed E-state index contributed by atoms with van der Waals surface area (Å²) in [4.78, 5) is 25.9. The quantitative estimate of drug-likeness (QED) is 0.184. The first kappa shape index (κ1) is 32.9. The highest BCUT2D eigenvalue weighted by Gasteiger charge is 2.38. The molecule has 0 spiro atoms. The van der Waals surface area contributed by atoms with Gasteiger partial charge in [-0.2, -0.15) is 0 Å². The van der Waals surface area contributed by atoms with E-state index in [1.54, 1.807) is 6.92 Å². The smallest absolute Gasteiger partial charge is 0.325 e. The Morgan fingerprint density at radius 2 is 1.70 bits per heavy atom. The molecule has 0 aromatic heterocycles. The van der Waals surface area contributed by atoms with Crippen molar-refractivity contribution in [3.63, 3.8) is 0 Å². The fraction of sp³-hybridized carbons (Fsp3) is 0.371. The van der Waals surface area contributed by atoms with Crippen molar-refractivity contribution in [2.75, 3.05) is 33.3 Å². The first-order valence-corrected chi connectivity index (χ1v) is 15.0. The average Bonchev–Trinajstić information content (AvgIpc) is 3.04. The number of likely N-dealkylation sites (N-methyl/N-ethyl adjacent to an activating group) is 1. The molecule has 44 heavy (non-hydrogen) atoms. The Hall–Kier alpha value is -4.02. The fourth-order valence-electron chi connectivity index (χ4n) is 5.31. The van der Waals surface area contributed by atoms with Crippen molar-refractivity contribution >= 4 is 12.0 Å². The second-order valence-electron chi connectivity index (χ2n) is 11.0. The number of nitrogens with zero attached hydrogens (tertiary/aromatic N) is 1. The number of carbonyl (C=O) groups excluding carboxylic acids is 2. The fourth-order valence-corrected chi connectivity index (χ4v) is 5.31. The van der Waals surface area contributed by atoms with Gasteiger partial charge in [0.05, 0.1) is 25.4 Å². The number of ether oxygens (including phenoxy) is 3. The molecular formula is C35H43N3O6. The van der Waals surface area contributed by atoms with Crippen molar-refractivity contribution in [1.82, 2.24) is 15.5 Å². The molecule has 0 unspecified atom stereocenters. The van der Waals surface area contributed by atoms with Crippen LogP contribution < -0.4 is 10.6 Å². The largest absolute Gasteiger partial charge is 0.465 e. The van der Waals surface area contributed by atoms with Gasteiger partial charge in [0.25, 0.3) is 0 Å². The summed E-state index contributed by atoms with van der Waals surface area (Å²) in [5.41, 5.74) is 5.71. The molecule has 0 radical (unpaired) electrons. The molecule has 2 amide bonds. The number of hydrogen-bond acceptors (Lipinski definition) is 7. The predicted octanol–water partition coefficient (Wildman–Crippen LogP) is 5.12. The zero-order valence-corrected chi connectivity index (χ0v) is 25.7. The number of carbonyl (C=O) groups is 2. The third-order valence-electron chi connectivity index (χ3n) is 7.71. The Morgan fingerprint density at radius 3 is 2.39 bits per heavy atom. The normalized spacial score (nSPS) is 19.8. The maximum atomic E-state index is 12.2. The van der Waals surface area contributed by atoms with Crippen LogP contribution in [0.1, 0.15) is 48.5 Å². The molecule has 1 fully saturated rings. The zero-order valence-electron chi connectivity index (χ0n) is 25.7. The highest BCUT2D eigenvalue weighted by Crippen LogP contribution is 2.42. The van der Waals surface area contributed by atoms with Gasteiger partial charge in [-0.3, -0.25) is 4.79 Å². The molecule has 1 aliphatic rings. The van der Waals surface area contributed by atoms with Crippen LogP contribution in [0.15, 0.2) is 85.5 Å². The lowest BCUT2D eigenvalue weighted by Crippen LogP contribution is -2.43.